The maximum Gasteiger partial charge on any atom is 0.266 e. The fraction of sp³-hybridized carbons (Fsp3) is 0.333. The molecule has 8 heteroatoms. The van der Waals surface area contributed by atoms with Crippen molar-refractivity contribution < 1.29 is 18.7 Å². The fourth-order valence-corrected chi connectivity index (χ4v) is 3.81. The Bertz CT molecular complexity index is 959. The molecule has 1 amide bonds. The number of amides is 1. The minimum atomic E-state index is -0.389. The Morgan fingerprint density at radius 3 is 2.48 bits per heavy atom. The zero-order chi connectivity index (χ0) is 20.8. The van der Waals surface area contributed by atoms with E-state index in [9.17, 15) is 9.18 Å². The van der Waals surface area contributed by atoms with Crippen LogP contribution in [-0.2, 0) is 4.79 Å². The predicted molar refractivity (Wildman–Crippen MR) is 114 cm³/mol. The molecule has 0 aliphatic carbocycles. The minimum Gasteiger partial charge on any atom is -0.497 e. The van der Waals surface area contributed by atoms with Crippen molar-refractivity contribution in [1.82, 2.24) is 9.88 Å². The highest BCUT2D eigenvalue weighted by atomic mass is 32.1. The van der Waals surface area contributed by atoms with E-state index < -0.39 is 0 Å². The number of methoxy groups -OCH3 is 1. The summed E-state index contributed by atoms with van der Waals surface area (Å²) in [5.74, 6) is 0.674. The molecule has 0 atom stereocenters. The van der Waals surface area contributed by atoms with Crippen LogP contribution in [0.2, 0.25) is 0 Å². The average Bonchev–Trinajstić information content (AvgIpc) is 3.15. The first-order chi connectivity index (χ1) is 14.0. The lowest BCUT2D eigenvalue weighted by Crippen LogP contribution is -2.36. The normalized spacial score (nSPS) is 11.1. The number of rotatable bonds is 9. The summed E-state index contributed by atoms with van der Waals surface area (Å²) in [6.07, 6.45) is 0.764. The zero-order valence-electron chi connectivity index (χ0n) is 16.7. The number of para-hydroxylation sites is 1. The highest BCUT2D eigenvalue weighted by molar-refractivity contribution is 7.22. The van der Waals surface area contributed by atoms with Crippen LogP contribution in [-0.4, -0.2) is 56.7 Å². The van der Waals surface area contributed by atoms with Crippen LogP contribution in [0.15, 0.2) is 42.5 Å². The number of benzene rings is 2. The number of carbonyl (C=O) groups is 1. The molecule has 3 rings (SSSR count). The van der Waals surface area contributed by atoms with Crippen molar-refractivity contribution in [2.75, 3.05) is 45.8 Å². The molecule has 1 aromatic heterocycles. The Labute approximate surface area is 173 Å². The molecule has 0 aliphatic rings. The molecule has 29 heavy (non-hydrogen) atoms. The van der Waals surface area contributed by atoms with E-state index in [4.69, 9.17) is 9.47 Å². The van der Waals surface area contributed by atoms with Crippen molar-refractivity contribution in [1.29, 1.82) is 0 Å². The smallest absolute Gasteiger partial charge is 0.266 e. The van der Waals surface area contributed by atoms with Crippen molar-refractivity contribution >= 4 is 32.6 Å². The van der Waals surface area contributed by atoms with E-state index in [-0.39, 0.29) is 23.8 Å². The number of hydrogen-bond acceptors (Lipinski definition) is 6. The van der Waals surface area contributed by atoms with E-state index in [0.717, 1.165) is 13.0 Å². The van der Waals surface area contributed by atoms with Crippen LogP contribution in [0.5, 0.6) is 11.5 Å². The van der Waals surface area contributed by atoms with Gasteiger partial charge >= 0.3 is 0 Å². The molecular weight excluding hydrogens is 393 g/mol. The summed E-state index contributed by atoms with van der Waals surface area (Å²) in [7, 11) is 5.55. The summed E-state index contributed by atoms with van der Waals surface area (Å²) >= 11 is 1.30. The van der Waals surface area contributed by atoms with Gasteiger partial charge in [-0.25, -0.2) is 9.37 Å². The van der Waals surface area contributed by atoms with Gasteiger partial charge in [0.1, 0.15) is 22.8 Å². The monoisotopic (exact) mass is 417 g/mol. The van der Waals surface area contributed by atoms with Crippen LogP contribution < -0.4 is 14.4 Å². The minimum absolute atomic E-state index is 0.132. The second kappa shape index (κ2) is 9.67. The van der Waals surface area contributed by atoms with Crippen LogP contribution in [0.4, 0.5) is 9.52 Å². The van der Waals surface area contributed by atoms with Crippen molar-refractivity contribution in [2.24, 2.45) is 0 Å². The van der Waals surface area contributed by atoms with Gasteiger partial charge in [0.05, 0.1) is 11.8 Å². The third-order valence-electron chi connectivity index (χ3n) is 4.30. The van der Waals surface area contributed by atoms with Gasteiger partial charge in [0.15, 0.2) is 11.7 Å². The van der Waals surface area contributed by atoms with Gasteiger partial charge in [-0.2, -0.15) is 0 Å². The molecule has 0 saturated heterocycles. The van der Waals surface area contributed by atoms with E-state index in [1.165, 1.54) is 17.4 Å². The van der Waals surface area contributed by atoms with Crippen LogP contribution >= 0.6 is 11.3 Å². The van der Waals surface area contributed by atoms with Crippen LogP contribution in [0.25, 0.3) is 10.2 Å². The molecule has 3 aromatic rings. The largest absolute Gasteiger partial charge is 0.497 e. The quantitative estimate of drug-likeness (QED) is 0.530. The number of anilines is 1. The number of thiazole rings is 1. The van der Waals surface area contributed by atoms with Gasteiger partial charge in [0.25, 0.3) is 5.91 Å². The standard InChI is InChI=1S/C21H24FN3O3S/c1-24(2)12-5-13-25(21-23-20-17(22)6-4-7-18(20)29-21)19(26)14-28-16-10-8-15(27-3)9-11-16/h4,6-11H,5,12-14H2,1-3H3. The summed E-state index contributed by atoms with van der Waals surface area (Å²) in [4.78, 5) is 20.9. The fourth-order valence-electron chi connectivity index (χ4n) is 2.79. The lowest BCUT2D eigenvalue weighted by atomic mass is 10.3. The van der Waals surface area contributed by atoms with Crippen molar-refractivity contribution in [3.05, 3.63) is 48.3 Å². The predicted octanol–water partition coefficient (Wildman–Crippen LogP) is 3.81. The summed E-state index contributed by atoms with van der Waals surface area (Å²) in [5.41, 5.74) is 0.286. The van der Waals surface area contributed by atoms with Crippen molar-refractivity contribution in [3.63, 3.8) is 0 Å². The third kappa shape index (κ3) is 5.42. The molecule has 0 radical (unpaired) electrons. The number of halogens is 1. The van der Waals surface area contributed by atoms with Gasteiger partial charge in [-0.3, -0.25) is 9.69 Å². The Kier molecular flexibility index (Phi) is 7.00. The second-order valence-corrected chi connectivity index (χ2v) is 7.76. The molecule has 0 bridgehead atoms. The van der Waals surface area contributed by atoms with Gasteiger partial charge in [-0.05, 0) is 63.5 Å². The molecule has 0 saturated carbocycles. The molecule has 2 aromatic carbocycles. The number of nitrogens with zero attached hydrogens (tertiary/aromatic N) is 3. The SMILES string of the molecule is COc1ccc(OCC(=O)N(CCCN(C)C)c2nc3c(F)cccc3s2)cc1. The second-order valence-electron chi connectivity index (χ2n) is 6.75. The number of carbonyl (C=O) groups excluding carboxylic acids is 1. The number of ether oxygens (including phenoxy) is 2. The van der Waals surface area contributed by atoms with E-state index in [1.807, 2.05) is 14.1 Å². The number of fused-ring (bicyclic) bond motifs is 1. The highest BCUT2D eigenvalue weighted by Gasteiger charge is 2.21. The third-order valence-corrected chi connectivity index (χ3v) is 5.34. The van der Waals surface area contributed by atoms with Gasteiger partial charge in [0.2, 0.25) is 0 Å². The molecular formula is C21H24FN3O3S. The maximum absolute atomic E-state index is 14.1. The van der Waals surface area contributed by atoms with Gasteiger partial charge in [-0.15, -0.1) is 0 Å². The number of hydrogen-bond donors (Lipinski definition) is 0. The Balaban J connectivity index is 1.75. The molecule has 0 N–H and O–H groups in total. The molecule has 1 heterocycles. The van der Waals surface area contributed by atoms with E-state index >= 15 is 0 Å². The van der Waals surface area contributed by atoms with Gasteiger partial charge < -0.3 is 14.4 Å². The maximum atomic E-state index is 14.1. The molecule has 0 aliphatic heterocycles. The first kappa shape index (κ1) is 21.0. The lowest BCUT2D eigenvalue weighted by Gasteiger charge is -2.21. The Hall–Kier alpha value is -2.71. The molecule has 0 spiro atoms. The van der Waals surface area contributed by atoms with Crippen LogP contribution in [0, 0.1) is 5.82 Å². The van der Waals surface area contributed by atoms with Crippen LogP contribution in [0.1, 0.15) is 6.42 Å². The summed E-state index contributed by atoms with van der Waals surface area (Å²) < 4.78 is 25.5. The summed E-state index contributed by atoms with van der Waals surface area (Å²) in [6, 6.07) is 11.8. The first-order valence-corrected chi connectivity index (χ1v) is 10.1. The van der Waals surface area contributed by atoms with Crippen molar-refractivity contribution in [2.45, 2.75) is 6.42 Å². The molecule has 6 nitrogen and oxygen atoms in total. The molecule has 154 valence electrons. The van der Waals surface area contributed by atoms with E-state index in [1.54, 1.807) is 48.4 Å². The Morgan fingerprint density at radius 2 is 1.83 bits per heavy atom. The lowest BCUT2D eigenvalue weighted by molar-refractivity contribution is -0.120. The average molecular weight is 418 g/mol. The van der Waals surface area contributed by atoms with Crippen LogP contribution in [0.3, 0.4) is 0 Å². The molecule has 0 unspecified atom stereocenters. The molecule has 0 fully saturated rings. The highest BCUT2D eigenvalue weighted by Crippen LogP contribution is 2.30. The number of aromatic nitrogens is 1. The van der Waals surface area contributed by atoms with E-state index in [0.29, 0.717) is 27.9 Å². The first-order valence-electron chi connectivity index (χ1n) is 9.25. The van der Waals surface area contributed by atoms with Gasteiger partial charge in [0, 0.05) is 6.54 Å². The summed E-state index contributed by atoms with van der Waals surface area (Å²) in [6.45, 7) is 1.17. The zero-order valence-corrected chi connectivity index (χ0v) is 17.5. The van der Waals surface area contributed by atoms with Gasteiger partial charge in [-0.1, -0.05) is 17.4 Å². The summed E-state index contributed by atoms with van der Waals surface area (Å²) in [5, 5.41) is 0.479. The van der Waals surface area contributed by atoms with Crippen molar-refractivity contribution in [3.8, 4) is 11.5 Å². The Morgan fingerprint density at radius 1 is 1.10 bits per heavy atom. The van der Waals surface area contributed by atoms with E-state index in [2.05, 4.69) is 9.88 Å². The topological polar surface area (TPSA) is 54.9 Å².